The zero-order valence-electron chi connectivity index (χ0n) is 16.6. The lowest BCUT2D eigenvalue weighted by Crippen LogP contribution is -2.30. The van der Waals surface area contributed by atoms with Crippen molar-refractivity contribution in [1.82, 2.24) is 4.90 Å². The number of unbranched alkanes of at least 4 members (excludes halogenated alkanes) is 1. The normalized spacial score (nSPS) is 10.4. The lowest BCUT2D eigenvalue weighted by Gasteiger charge is -2.19. The third kappa shape index (κ3) is 5.83. The average molecular weight is 447 g/mol. The van der Waals surface area contributed by atoms with Gasteiger partial charge in [0.15, 0.2) is 0 Å². The maximum Gasteiger partial charge on any atom is 0.255 e. The van der Waals surface area contributed by atoms with Crippen molar-refractivity contribution in [2.24, 2.45) is 0 Å². The Morgan fingerprint density at radius 1 is 1.04 bits per heavy atom. The highest BCUT2D eigenvalue weighted by atomic mass is 79.9. The number of carbonyl (C=O) groups excluding carboxylic acids is 2. The van der Waals surface area contributed by atoms with E-state index in [1.807, 2.05) is 13.8 Å². The molecule has 0 radical (unpaired) electrons. The van der Waals surface area contributed by atoms with Crippen LogP contribution in [0.1, 0.15) is 54.3 Å². The van der Waals surface area contributed by atoms with Crippen LogP contribution >= 0.6 is 15.9 Å². The first-order chi connectivity index (χ1) is 13.5. The molecule has 5 nitrogen and oxygen atoms in total. The van der Waals surface area contributed by atoms with Crippen molar-refractivity contribution in [3.8, 4) is 5.75 Å². The van der Waals surface area contributed by atoms with Gasteiger partial charge < -0.3 is 15.0 Å². The van der Waals surface area contributed by atoms with E-state index >= 15 is 0 Å². The van der Waals surface area contributed by atoms with Crippen molar-refractivity contribution >= 4 is 33.4 Å². The van der Waals surface area contributed by atoms with Gasteiger partial charge in [0.25, 0.3) is 11.8 Å². The average Bonchev–Trinajstić information content (AvgIpc) is 2.70. The van der Waals surface area contributed by atoms with Gasteiger partial charge in [-0.2, -0.15) is 0 Å². The van der Waals surface area contributed by atoms with Gasteiger partial charge >= 0.3 is 0 Å². The first-order valence-electron chi connectivity index (χ1n) is 9.63. The van der Waals surface area contributed by atoms with Gasteiger partial charge in [-0.3, -0.25) is 9.59 Å². The van der Waals surface area contributed by atoms with E-state index in [2.05, 4.69) is 28.2 Å². The molecule has 2 aromatic rings. The van der Waals surface area contributed by atoms with Gasteiger partial charge in [-0.1, -0.05) is 19.4 Å². The van der Waals surface area contributed by atoms with Crippen LogP contribution < -0.4 is 10.1 Å². The predicted molar refractivity (Wildman–Crippen MR) is 116 cm³/mol. The summed E-state index contributed by atoms with van der Waals surface area (Å²) in [6.45, 7) is 7.94. The number of amides is 2. The zero-order valence-corrected chi connectivity index (χ0v) is 18.2. The molecule has 0 aromatic heterocycles. The van der Waals surface area contributed by atoms with Crippen molar-refractivity contribution in [2.45, 2.75) is 33.6 Å². The number of hydrogen-bond acceptors (Lipinski definition) is 3. The first kappa shape index (κ1) is 22.0. The number of carbonyl (C=O) groups is 2. The second kappa shape index (κ2) is 10.9. The molecule has 0 saturated heterocycles. The summed E-state index contributed by atoms with van der Waals surface area (Å²) in [6, 6.07) is 12.3. The minimum Gasteiger partial charge on any atom is -0.492 e. The molecule has 0 atom stereocenters. The van der Waals surface area contributed by atoms with Gasteiger partial charge in [0.1, 0.15) is 5.75 Å². The Hall–Kier alpha value is -2.34. The molecule has 0 saturated carbocycles. The highest BCUT2D eigenvalue weighted by molar-refractivity contribution is 9.10. The van der Waals surface area contributed by atoms with Crippen LogP contribution in [0.2, 0.25) is 0 Å². The molecular formula is C22H27BrN2O3. The lowest BCUT2D eigenvalue weighted by molar-refractivity contribution is 0.0772. The van der Waals surface area contributed by atoms with Gasteiger partial charge in [-0.05, 0) is 72.6 Å². The van der Waals surface area contributed by atoms with E-state index in [9.17, 15) is 9.59 Å². The molecule has 0 aliphatic rings. The largest absolute Gasteiger partial charge is 0.492 e. The third-order valence-corrected chi connectivity index (χ3v) is 4.99. The lowest BCUT2D eigenvalue weighted by atomic mass is 10.1. The van der Waals surface area contributed by atoms with Gasteiger partial charge in [0, 0.05) is 29.9 Å². The van der Waals surface area contributed by atoms with Crippen molar-refractivity contribution < 1.29 is 14.3 Å². The van der Waals surface area contributed by atoms with Gasteiger partial charge in [-0.15, -0.1) is 0 Å². The summed E-state index contributed by atoms with van der Waals surface area (Å²) in [5.74, 6) is 0.433. The highest BCUT2D eigenvalue weighted by Gasteiger charge is 2.14. The van der Waals surface area contributed by atoms with Gasteiger partial charge in [0.2, 0.25) is 0 Å². The van der Waals surface area contributed by atoms with E-state index in [-0.39, 0.29) is 11.8 Å². The summed E-state index contributed by atoms with van der Waals surface area (Å²) in [5, 5.41) is 2.86. The minimum atomic E-state index is -0.242. The molecule has 2 aromatic carbocycles. The van der Waals surface area contributed by atoms with Crippen LogP contribution in [0, 0.1) is 0 Å². The quantitative estimate of drug-likeness (QED) is 0.527. The monoisotopic (exact) mass is 446 g/mol. The third-order valence-electron chi connectivity index (χ3n) is 4.37. The number of ether oxygens (including phenoxy) is 1. The summed E-state index contributed by atoms with van der Waals surface area (Å²) in [7, 11) is 0. The molecule has 0 aliphatic heterocycles. The number of benzene rings is 2. The molecule has 0 spiro atoms. The molecule has 0 fully saturated rings. The number of rotatable bonds is 9. The molecule has 1 N–H and O–H groups in total. The van der Waals surface area contributed by atoms with E-state index in [0.29, 0.717) is 36.5 Å². The van der Waals surface area contributed by atoms with E-state index in [1.165, 1.54) is 0 Å². The molecule has 0 bridgehead atoms. The SMILES string of the molecule is CCCCOc1ccc(C(=O)Nc2cccc(C(=O)N(CC)CC)c2)cc1Br. The van der Waals surface area contributed by atoms with Crippen molar-refractivity contribution in [2.75, 3.05) is 25.0 Å². The Morgan fingerprint density at radius 3 is 2.43 bits per heavy atom. The second-order valence-corrected chi connectivity index (χ2v) is 7.21. The van der Waals surface area contributed by atoms with Gasteiger partial charge in [0.05, 0.1) is 11.1 Å². The fourth-order valence-corrected chi connectivity index (χ4v) is 3.21. The smallest absolute Gasteiger partial charge is 0.255 e. The number of hydrogen-bond donors (Lipinski definition) is 1. The first-order valence-corrected chi connectivity index (χ1v) is 10.4. The summed E-state index contributed by atoms with van der Waals surface area (Å²) in [4.78, 5) is 26.8. The second-order valence-electron chi connectivity index (χ2n) is 6.36. The summed E-state index contributed by atoms with van der Waals surface area (Å²) >= 11 is 3.46. The van der Waals surface area contributed by atoms with Crippen LogP contribution in [0.3, 0.4) is 0 Å². The molecule has 0 heterocycles. The minimum absolute atomic E-state index is 0.0441. The molecule has 6 heteroatoms. The molecule has 0 unspecified atom stereocenters. The Kier molecular flexibility index (Phi) is 8.51. The van der Waals surface area contributed by atoms with Crippen LogP contribution in [0.4, 0.5) is 5.69 Å². The van der Waals surface area contributed by atoms with E-state index in [0.717, 1.165) is 23.1 Å². The van der Waals surface area contributed by atoms with Crippen LogP contribution in [-0.2, 0) is 0 Å². The van der Waals surface area contributed by atoms with E-state index in [4.69, 9.17) is 4.74 Å². The Morgan fingerprint density at radius 2 is 1.79 bits per heavy atom. The van der Waals surface area contributed by atoms with E-state index in [1.54, 1.807) is 47.4 Å². The fraction of sp³-hybridized carbons (Fsp3) is 0.364. The number of anilines is 1. The maximum atomic E-state index is 12.6. The molecule has 2 amide bonds. The molecular weight excluding hydrogens is 420 g/mol. The highest BCUT2D eigenvalue weighted by Crippen LogP contribution is 2.26. The zero-order chi connectivity index (χ0) is 20.5. The Balaban J connectivity index is 2.09. The van der Waals surface area contributed by atoms with E-state index < -0.39 is 0 Å². The summed E-state index contributed by atoms with van der Waals surface area (Å²) < 4.78 is 6.43. The topological polar surface area (TPSA) is 58.6 Å². The molecule has 150 valence electrons. The molecule has 28 heavy (non-hydrogen) atoms. The summed E-state index contributed by atoms with van der Waals surface area (Å²) in [5.41, 5.74) is 1.65. The maximum absolute atomic E-state index is 12.6. The standard InChI is InChI=1S/C22H27BrN2O3/c1-4-7-13-28-20-12-11-16(15-19(20)23)21(26)24-18-10-8-9-17(14-18)22(27)25(5-2)6-3/h8-12,14-15H,4-7,13H2,1-3H3,(H,24,26). The number of nitrogens with one attached hydrogen (secondary N) is 1. The van der Waals surface area contributed by atoms with Crippen LogP contribution in [0.5, 0.6) is 5.75 Å². The molecule has 2 rings (SSSR count). The molecule has 0 aliphatic carbocycles. The van der Waals surface area contributed by atoms with Gasteiger partial charge in [-0.25, -0.2) is 0 Å². The van der Waals surface area contributed by atoms with Crippen LogP contribution in [0.25, 0.3) is 0 Å². The summed E-state index contributed by atoms with van der Waals surface area (Å²) in [6.07, 6.45) is 2.05. The van der Waals surface area contributed by atoms with Crippen molar-refractivity contribution in [3.63, 3.8) is 0 Å². The number of halogens is 1. The van der Waals surface area contributed by atoms with Crippen molar-refractivity contribution in [3.05, 3.63) is 58.1 Å². The predicted octanol–water partition coefficient (Wildman–Crippen LogP) is 5.36. The fourth-order valence-electron chi connectivity index (χ4n) is 2.71. The van der Waals surface area contributed by atoms with Crippen LogP contribution in [-0.4, -0.2) is 36.4 Å². The Bertz CT molecular complexity index is 819. The van der Waals surface area contributed by atoms with Crippen molar-refractivity contribution in [1.29, 1.82) is 0 Å². The van der Waals surface area contributed by atoms with Crippen LogP contribution in [0.15, 0.2) is 46.9 Å². The number of nitrogens with zero attached hydrogens (tertiary/aromatic N) is 1. The Labute approximate surface area is 175 Å².